The van der Waals surface area contributed by atoms with Crippen LogP contribution >= 0.6 is 0 Å². The summed E-state index contributed by atoms with van der Waals surface area (Å²) in [4.78, 5) is 4.32. The smallest absolute Gasteiger partial charge is 0.180 e. The van der Waals surface area contributed by atoms with E-state index in [1.807, 2.05) is 4.68 Å². The molecule has 0 amide bonds. The van der Waals surface area contributed by atoms with Gasteiger partial charge in [-0.3, -0.25) is 0 Å². The van der Waals surface area contributed by atoms with E-state index < -0.39 is 0 Å². The normalized spacial score (nSPS) is 15.2. The number of hydrogen-bond acceptors (Lipinski definition) is 4. The zero-order chi connectivity index (χ0) is 11.8. The van der Waals surface area contributed by atoms with Crippen molar-refractivity contribution >= 4 is 0 Å². The molecule has 5 heteroatoms. The SMILES string of the molecule is CC(C)n1ncnc1-c1noc2c1CCCC2. The van der Waals surface area contributed by atoms with Crippen LogP contribution in [0.5, 0.6) is 0 Å². The Morgan fingerprint density at radius 2 is 2.12 bits per heavy atom. The van der Waals surface area contributed by atoms with Crippen molar-refractivity contribution in [2.24, 2.45) is 0 Å². The second-order valence-corrected chi connectivity index (χ2v) is 4.76. The molecular weight excluding hydrogens is 216 g/mol. The highest BCUT2D eigenvalue weighted by Gasteiger charge is 2.24. The molecule has 0 bridgehead atoms. The van der Waals surface area contributed by atoms with Gasteiger partial charge in [0.1, 0.15) is 12.1 Å². The summed E-state index contributed by atoms with van der Waals surface area (Å²) in [5.41, 5.74) is 2.11. The molecule has 90 valence electrons. The van der Waals surface area contributed by atoms with Crippen LogP contribution in [0, 0.1) is 0 Å². The van der Waals surface area contributed by atoms with Crippen molar-refractivity contribution in [3.63, 3.8) is 0 Å². The molecule has 2 aromatic heterocycles. The quantitative estimate of drug-likeness (QED) is 0.797. The van der Waals surface area contributed by atoms with Gasteiger partial charge in [-0.05, 0) is 33.1 Å². The Labute approximate surface area is 99.8 Å². The van der Waals surface area contributed by atoms with Gasteiger partial charge in [0.25, 0.3) is 0 Å². The molecule has 0 unspecified atom stereocenters. The zero-order valence-electron chi connectivity index (χ0n) is 10.2. The number of fused-ring (bicyclic) bond motifs is 1. The maximum Gasteiger partial charge on any atom is 0.180 e. The van der Waals surface area contributed by atoms with E-state index in [1.54, 1.807) is 6.33 Å². The topological polar surface area (TPSA) is 56.7 Å². The van der Waals surface area contributed by atoms with E-state index in [4.69, 9.17) is 4.52 Å². The van der Waals surface area contributed by atoms with Crippen LogP contribution in [0.3, 0.4) is 0 Å². The van der Waals surface area contributed by atoms with Crippen molar-refractivity contribution in [1.29, 1.82) is 0 Å². The molecular formula is C12H16N4O. The molecule has 1 aliphatic carbocycles. The molecule has 0 saturated carbocycles. The van der Waals surface area contributed by atoms with Gasteiger partial charge in [0.15, 0.2) is 11.5 Å². The Hall–Kier alpha value is -1.65. The van der Waals surface area contributed by atoms with Crippen molar-refractivity contribution in [2.45, 2.75) is 45.6 Å². The number of rotatable bonds is 2. The molecule has 2 aromatic rings. The molecule has 5 nitrogen and oxygen atoms in total. The van der Waals surface area contributed by atoms with Gasteiger partial charge < -0.3 is 4.52 Å². The summed E-state index contributed by atoms with van der Waals surface area (Å²) in [5, 5.41) is 8.43. The lowest BCUT2D eigenvalue weighted by molar-refractivity contribution is 0.373. The molecule has 0 atom stereocenters. The molecule has 0 spiro atoms. The van der Waals surface area contributed by atoms with Crippen molar-refractivity contribution in [3.8, 4) is 11.5 Å². The zero-order valence-corrected chi connectivity index (χ0v) is 10.2. The highest BCUT2D eigenvalue weighted by Crippen LogP contribution is 2.30. The fourth-order valence-electron chi connectivity index (χ4n) is 2.36. The summed E-state index contributed by atoms with van der Waals surface area (Å²) in [6.07, 6.45) is 6.02. The average Bonchev–Trinajstić information content (AvgIpc) is 2.94. The first-order valence-electron chi connectivity index (χ1n) is 6.14. The van der Waals surface area contributed by atoms with Crippen LogP contribution in [0.1, 0.15) is 44.1 Å². The van der Waals surface area contributed by atoms with Gasteiger partial charge in [-0.2, -0.15) is 5.10 Å². The number of hydrogen-bond donors (Lipinski definition) is 0. The predicted octanol–water partition coefficient (Wildman–Crippen LogP) is 2.39. The maximum atomic E-state index is 5.41. The Balaban J connectivity index is 2.09. The third-order valence-electron chi connectivity index (χ3n) is 3.22. The van der Waals surface area contributed by atoms with Crippen LogP contribution in [0.2, 0.25) is 0 Å². The standard InChI is InChI=1S/C12H16N4O/c1-8(2)16-12(13-7-14-16)11-9-5-3-4-6-10(9)17-15-11/h7-8H,3-6H2,1-2H3. The molecule has 0 fully saturated rings. The van der Waals surface area contributed by atoms with Crippen molar-refractivity contribution < 1.29 is 4.52 Å². The van der Waals surface area contributed by atoms with Crippen molar-refractivity contribution in [2.75, 3.05) is 0 Å². The van der Waals surface area contributed by atoms with E-state index in [0.29, 0.717) is 0 Å². The summed E-state index contributed by atoms with van der Waals surface area (Å²) in [7, 11) is 0. The van der Waals surface area contributed by atoms with Gasteiger partial charge in [0, 0.05) is 18.0 Å². The number of aromatic nitrogens is 4. The summed E-state index contributed by atoms with van der Waals surface area (Å²) in [6, 6.07) is 0.281. The third kappa shape index (κ3) is 1.66. The highest BCUT2D eigenvalue weighted by atomic mass is 16.5. The third-order valence-corrected chi connectivity index (χ3v) is 3.22. The molecule has 0 radical (unpaired) electrons. The lowest BCUT2D eigenvalue weighted by Crippen LogP contribution is -2.07. The van der Waals surface area contributed by atoms with Crippen LogP contribution < -0.4 is 0 Å². The lowest BCUT2D eigenvalue weighted by atomic mass is 9.96. The van der Waals surface area contributed by atoms with Gasteiger partial charge in [0.05, 0.1) is 0 Å². The molecule has 1 aliphatic rings. The molecule has 0 aromatic carbocycles. The largest absolute Gasteiger partial charge is 0.360 e. The minimum absolute atomic E-state index is 0.281. The summed E-state index contributed by atoms with van der Waals surface area (Å²) >= 11 is 0. The average molecular weight is 232 g/mol. The number of nitrogens with zero attached hydrogens (tertiary/aromatic N) is 4. The maximum absolute atomic E-state index is 5.41. The predicted molar refractivity (Wildman–Crippen MR) is 62.5 cm³/mol. The van der Waals surface area contributed by atoms with Gasteiger partial charge in [-0.25, -0.2) is 9.67 Å². The van der Waals surface area contributed by atoms with Crippen LogP contribution in [0.4, 0.5) is 0 Å². The Bertz CT molecular complexity index is 526. The first-order chi connectivity index (χ1) is 8.27. The summed E-state index contributed by atoms with van der Waals surface area (Å²) in [5.74, 6) is 1.86. The Kier molecular flexibility index (Phi) is 2.46. The monoisotopic (exact) mass is 232 g/mol. The molecule has 0 N–H and O–H groups in total. The van der Waals surface area contributed by atoms with Gasteiger partial charge >= 0.3 is 0 Å². The Morgan fingerprint density at radius 3 is 2.94 bits per heavy atom. The first-order valence-corrected chi connectivity index (χ1v) is 6.14. The van der Waals surface area contributed by atoms with E-state index in [1.165, 1.54) is 18.4 Å². The fraction of sp³-hybridized carbons (Fsp3) is 0.583. The lowest BCUT2D eigenvalue weighted by Gasteiger charge is -2.11. The second kappa shape index (κ2) is 3.98. The van der Waals surface area contributed by atoms with Crippen molar-refractivity contribution in [3.05, 3.63) is 17.7 Å². The van der Waals surface area contributed by atoms with Crippen molar-refractivity contribution in [1.82, 2.24) is 19.9 Å². The van der Waals surface area contributed by atoms with Crippen LogP contribution in [0.15, 0.2) is 10.9 Å². The Morgan fingerprint density at radius 1 is 1.29 bits per heavy atom. The molecule has 3 rings (SSSR count). The minimum Gasteiger partial charge on any atom is -0.360 e. The minimum atomic E-state index is 0.281. The molecule has 17 heavy (non-hydrogen) atoms. The first kappa shape index (κ1) is 10.5. The van der Waals surface area contributed by atoms with E-state index in [0.717, 1.165) is 30.1 Å². The molecule has 2 heterocycles. The van der Waals surface area contributed by atoms with E-state index in [9.17, 15) is 0 Å². The highest BCUT2D eigenvalue weighted by molar-refractivity contribution is 5.56. The van der Waals surface area contributed by atoms with Gasteiger partial charge in [-0.1, -0.05) is 5.16 Å². The van der Waals surface area contributed by atoms with Gasteiger partial charge in [-0.15, -0.1) is 0 Å². The number of aryl methyl sites for hydroxylation is 1. The van der Waals surface area contributed by atoms with Crippen LogP contribution in [0.25, 0.3) is 11.5 Å². The summed E-state index contributed by atoms with van der Waals surface area (Å²) < 4.78 is 7.31. The van der Waals surface area contributed by atoms with Crippen LogP contribution in [-0.4, -0.2) is 19.9 Å². The van der Waals surface area contributed by atoms with Crippen LogP contribution in [-0.2, 0) is 12.8 Å². The van der Waals surface area contributed by atoms with E-state index in [2.05, 4.69) is 29.1 Å². The molecule has 0 saturated heterocycles. The molecule has 0 aliphatic heterocycles. The van der Waals surface area contributed by atoms with E-state index >= 15 is 0 Å². The summed E-state index contributed by atoms with van der Waals surface area (Å²) in [6.45, 7) is 4.18. The van der Waals surface area contributed by atoms with Gasteiger partial charge in [0.2, 0.25) is 0 Å². The second-order valence-electron chi connectivity index (χ2n) is 4.76. The van der Waals surface area contributed by atoms with E-state index in [-0.39, 0.29) is 6.04 Å². The fourth-order valence-corrected chi connectivity index (χ4v) is 2.36.